The summed E-state index contributed by atoms with van der Waals surface area (Å²) in [6.07, 6.45) is 2.62. The van der Waals surface area contributed by atoms with Crippen LogP contribution >= 0.6 is 24.0 Å². The fourth-order valence-electron chi connectivity index (χ4n) is 3.06. The smallest absolute Gasteiger partial charge is 0.191 e. The first-order valence-corrected chi connectivity index (χ1v) is 10.7. The Kier molecular flexibility index (Phi) is 14.1. The predicted molar refractivity (Wildman–Crippen MR) is 131 cm³/mol. The maximum atomic E-state index is 10.5. The molecule has 172 valence electrons. The van der Waals surface area contributed by atoms with Crippen LogP contribution in [-0.4, -0.2) is 62.7 Å². The number of aliphatic hydroxyl groups is 1. The average Bonchev–Trinajstić information content (AvgIpc) is 2.72. The van der Waals surface area contributed by atoms with Gasteiger partial charge < -0.3 is 30.0 Å². The summed E-state index contributed by atoms with van der Waals surface area (Å²) in [6, 6.07) is 7.55. The lowest BCUT2D eigenvalue weighted by molar-refractivity contribution is -0.0320. The van der Waals surface area contributed by atoms with Crippen molar-refractivity contribution in [3.05, 3.63) is 29.8 Å². The fourth-order valence-corrected chi connectivity index (χ4v) is 3.06. The maximum Gasteiger partial charge on any atom is 0.191 e. The van der Waals surface area contributed by atoms with Crippen LogP contribution in [0.3, 0.4) is 0 Å². The highest BCUT2D eigenvalue weighted by Crippen LogP contribution is 2.20. The van der Waals surface area contributed by atoms with Crippen molar-refractivity contribution < 1.29 is 19.3 Å². The summed E-state index contributed by atoms with van der Waals surface area (Å²) in [5, 5.41) is 17.0. The molecule has 1 aliphatic rings. The number of nitrogens with zero attached hydrogens (tertiary/aromatic N) is 1. The Bertz CT molecular complexity index is 610. The van der Waals surface area contributed by atoms with Crippen LogP contribution in [0.15, 0.2) is 29.3 Å². The number of benzene rings is 1. The van der Waals surface area contributed by atoms with Gasteiger partial charge in [-0.05, 0) is 57.7 Å². The summed E-state index contributed by atoms with van der Waals surface area (Å²) in [5.41, 5.74) is 0.799. The fraction of sp³-hybridized carbons (Fsp3) is 0.682. The third-order valence-corrected chi connectivity index (χ3v) is 4.52. The van der Waals surface area contributed by atoms with Gasteiger partial charge in [-0.15, -0.1) is 24.0 Å². The van der Waals surface area contributed by atoms with E-state index in [0.29, 0.717) is 12.1 Å². The molecule has 0 aromatic heterocycles. The van der Waals surface area contributed by atoms with Crippen LogP contribution in [0, 0.1) is 0 Å². The van der Waals surface area contributed by atoms with Gasteiger partial charge in [-0.25, -0.2) is 0 Å². The van der Waals surface area contributed by atoms with Gasteiger partial charge in [0.25, 0.3) is 0 Å². The van der Waals surface area contributed by atoms with Crippen molar-refractivity contribution in [2.24, 2.45) is 4.99 Å². The molecular formula is C22H38IN3O4. The van der Waals surface area contributed by atoms with Crippen LogP contribution < -0.4 is 15.4 Å². The molecule has 1 heterocycles. The highest BCUT2D eigenvalue weighted by Gasteiger charge is 2.13. The standard InChI is InChI=1S/C22H37N3O4.HI/c1-4-23-22(24-11-6-12-28-19-9-13-27-14-10-19)25-16-21(26)18-7-5-8-20(15-18)29-17(2)3;/h5,7-8,15,17,19,21,26H,4,6,9-14,16H2,1-3H3,(H2,23,24,25);1H. The van der Waals surface area contributed by atoms with Crippen LogP contribution in [0.25, 0.3) is 0 Å². The summed E-state index contributed by atoms with van der Waals surface area (Å²) >= 11 is 0. The largest absolute Gasteiger partial charge is 0.491 e. The van der Waals surface area contributed by atoms with E-state index >= 15 is 0 Å². The van der Waals surface area contributed by atoms with Crippen LogP contribution in [0.5, 0.6) is 5.75 Å². The van der Waals surface area contributed by atoms with Gasteiger partial charge in [0.2, 0.25) is 0 Å². The summed E-state index contributed by atoms with van der Waals surface area (Å²) in [7, 11) is 0. The van der Waals surface area contributed by atoms with Gasteiger partial charge in [0, 0.05) is 32.9 Å². The third-order valence-electron chi connectivity index (χ3n) is 4.52. The molecular weight excluding hydrogens is 497 g/mol. The normalized spacial score (nSPS) is 16.1. The quantitative estimate of drug-likeness (QED) is 0.175. The molecule has 0 spiro atoms. The molecule has 30 heavy (non-hydrogen) atoms. The molecule has 0 saturated carbocycles. The summed E-state index contributed by atoms with van der Waals surface area (Å²) < 4.78 is 16.9. The van der Waals surface area contributed by atoms with Crippen LogP contribution in [0.2, 0.25) is 0 Å². The Balaban J connectivity index is 0.00000450. The van der Waals surface area contributed by atoms with E-state index in [2.05, 4.69) is 15.6 Å². The number of aliphatic imine (C=N–C) groups is 1. The highest BCUT2D eigenvalue weighted by atomic mass is 127. The monoisotopic (exact) mass is 535 g/mol. The summed E-state index contributed by atoms with van der Waals surface area (Å²) in [6.45, 7) is 10.1. The summed E-state index contributed by atoms with van der Waals surface area (Å²) in [4.78, 5) is 4.51. The van der Waals surface area contributed by atoms with Crippen molar-refractivity contribution in [3.63, 3.8) is 0 Å². The second kappa shape index (κ2) is 15.7. The first kappa shape index (κ1) is 26.9. The number of hydrogen-bond donors (Lipinski definition) is 3. The number of aliphatic hydroxyl groups excluding tert-OH is 1. The van der Waals surface area contributed by atoms with E-state index in [0.717, 1.165) is 63.5 Å². The second-order valence-electron chi connectivity index (χ2n) is 7.44. The van der Waals surface area contributed by atoms with Gasteiger partial charge in [-0.2, -0.15) is 0 Å². The number of rotatable bonds is 11. The van der Waals surface area contributed by atoms with Crippen LogP contribution in [0.1, 0.15) is 51.7 Å². The van der Waals surface area contributed by atoms with Crippen molar-refractivity contribution in [3.8, 4) is 5.75 Å². The molecule has 1 aliphatic heterocycles. The molecule has 0 aliphatic carbocycles. The maximum absolute atomic E-state index is 10.5. The molecule has 7 nitrogen and oxygen atoms in total. The number of ether oxygens (including phenoxy) is 3. The van der Waals surface area contributed by atoms with E-state index in [1.807, 2.05) is 45.0 Å². The van der Waals surface area contributed by atoms with Crippen LogP contribution in [-0.2, 0) is 9.47 Å². The Labute approximate surface area is 198 Å². The second-order valence-corrected chi connectivity index (χ2v) is 7.44. The van der Waals surface area contributed by atoms with Crippen molar-refractivity contribution in [2.45, 2.75) is 58.3 Å². The number of guanidine groups is 1. The van der Waals surface area contributed by atoms with Crippen molar-refractivity contribution in [1.29, 1.82) is 0 Å². The molecule has 0 radical (unpaired) electrons. The van der Waals surface area contributed by atoms with Crippen molar-refractivity contribution in [1.82, 2.24) is 10.6 Å². The molecule has 1 aromatic carbocycles. The Morgan fingerprint density at radius 2 is 2.03 bits per heavy atom. The van der Waals surface area contributed by atoms with E-state index in [4.69, 9.17) is 14.2 Å². The van der Waals surface area contributed by atoms with Crippen molar-refractivity contribution in [2.75, 3.05) is 39.5 Å². The van der Waals surface area contributed by atoms with Gasteiger partial charge in [-0.3, -0.25) is 4.99 Å². The Hall–Kier alpha value is -1.10. The number of nitrogens with one attached hydrogen (secondary N) is 2. The zero-order valence-electron chi connectivity index (χ0n) is 18.4. The van der Waals surface area contributed by atoms with E-state index in [9.17, 15) is 5.11 Å². The summed E-state index contributed by atoms with van der Waals surface area (Å²) in [5.74, 6) is 1.46. The number of halogens is 1. The van der Waals surface area contributed by atoms with Gasteiger partial charge in [0.15, 0.2) is 5.96 Å². The third kappa shape index (κ3) is 10.8. The van der Waals surface area contributed by atoms with Gasteiger partial charge in [0.1, 0.15) is 5.75 Å². The highest BCUT2D eigenvalue weighted by molar-refractivity contribution is 14.0. The average molecular weight is 535 g/mol. The molecule has 1 aromatic rings. The zero-order chi connectivity index (χ0) is 20.9. The molecule has 0 bridgehead atoms. The number of hydrogen-bond acceptors (Lipinski definition) is 5. The van der Waals surface area contributed by atoms with Crippen molar-refractivity contribution >= 4 is 29.9 Å². The van der Waals surface area contributed by atoms with E-state index in [-0.39, 0.29) is 36.6 Å². The van der Waals surface area contributed by atoms with E-state index in [1.165, 1.54) is 0 Å². The first-order chi connectivity index (χ1) is 14.1. The molecule has 0 amide bonds. The van der Waals surface area contributed by atoms with Gasteiger partial charge in [0.05, 0.1) is 24.9 Å². The minimum atomic E-state index is -0.682. The lowest BCUT2D eigenvalue weighted by Gasteiger charge is -2.22. The minimum Gasteiger partial charge on any atom is -0.491 e. The zero-order valence-corrected chi connectivity index (χ0v) is 20.8. The molecule has 3 N–H and O–H groups in total. The van der Waals surface area contributed by atoms with Gasteiger partial charge >= 0.3 is 0 Å². The van der Waals surface area contributed by atoms with Gasteiger partial charge in [-0.1, -0.05) is 12.1 Å². The first-order valence-electron chi connectivity index (χ1n) is 10.7. The molecule has 1 fully saturated rings. The minimum absolute atomic E-state index is 0. The molecule has 2 rings (SSSR count). The predicted octanol–water partition coefficient (Wildman–Crippen LogP) is 3.27. The topological polar surface area (TPSA) is 84.3 Å². The SMILES string of the molecule is CCNC(=NCC(O)c1cccc(OC(C)C)c1)NCCCOC1CCOCC1.I. The Morgan fingerprint density at radius 1 is 1.27 bits per heavy atom. The lowest BCUT2D eigenvalue weighted by Crippen LogP contribution is -2.38. The van der Waals surface area contributed by atoms with E-state index in [1.54, 1.807) is 0 Å². The Morgan fingerprint density at radius 3 is 2.73 bits per heavy atom. The molecule has 1 unspecified atom stereocenters. The molecule has 1 saturated heterocycles. The lowest BCUT2D eigenvalue weighted by atomic mass is 10.1. The molecule has 8 heteroatoms. The molecule has 1 atom stereocenters. The van der Waals surface area contributed by atoms with E-state index < -0.39 is 6.10 Å². The van der Waals surface area contributed by atoms with Crippen LogP contribution in [0.4, 0.5) is 0 Å².